The van der Waals surface area contributed by atoms with Crippen molar-refractivity contribution in [2.75, 3.05) is 0 Å². The minimum Gasteiger partial charge on any atom is -0.386 e. The van der Waals surface area contributed by atoms with Crippen molar-refractivity contribution in [3.05, 3.63) is 0 Å². The van der Waals surface area contributed by atoms with Gasteiger partial charge < -0.3 is 5.73 Å². The minimum absolute atomic E-state index is 0.0643. The fraction of sp³-hybridized carbons (Fsp3) is 0.909. The number of rotatable bonds is 5. The summed E-state index contributed by atoms with van der Waals surface area (Å²) < 4.78 is 29.2. The maximum atomic E-state index is 12.0. The Bertz CT molecular complexity index is 409. The Balaban J connectivity index is 2.11. The third-order valence-corrected chi connectivity index (χ3v) is 5.00. The van der Waals surface area contributed by atoms with E-state index in [4.69, 9.17) is 11.1 Å². The van der Waals surface area contributed by atoms with Crippen molar-refractivity contribution in [1.82, 2.24) is 9.44 Å². The molecule has 0 aromatic carbocycles. The predicted molar refractivity (Wildman–Crippen MR) is 70.6 cm³/mol. The van der Waals surface area contributed by atoms with Crippen molar-refractivity contribution in [2.24, 2.45) is 5.73 Å². The van der Waals surface area contributed by atoms with E-state index in [-0.39, 0.29) is 11.9 Å². The van der Waals surface area contributed by atoms with E-state index in [0.29, 0.717) is 12.8 Å². The normalized spacial score (nSPS) is 24.4. The summed E-state index contributed by atoms with van der Waals surface area (Å²) >= 11 is 0. The molecule has 2 aliphatic carbocycles. The Morgan fingerprint density at radius 2 is 1.72 bits per heavy atom. The van der Waals surface area contributed by atoms with Crippen molar-refractivity contribution in [1.29, 1.82) is 5.41 Å². The van der Waals surface area contributed by atoms with E-state index >= 15 is 0 Å². The summed E-state index contributed by atoms with van der Waals surface area (Å²) in [6, 6.07) is 0.0669. The molecule has 0 unspecified atom stereocenters. The molecule has 0 radical (unpaired) electrons. The van der Waals surface area contributed by atoms with Crippen LogP contribution in [0.3, 0.4) is 0 Å². The first-order valence-corrected chi connectivity index (χ1v) is 8.08. The van der Waals surface area contributed by atoms with Crippen LogP contribution < -0.4 is 15.2 Å². The summed E-state index contributed by atoms with van der Waals surface area (Å²) in [5.41, 5.74) is 4.78. The second-order valence-electron chi connectivity index (χ2n) is 5.41. The number of hydrogen-bond donors (Lipinski definition) is 4. The highest BCUT2D eigenvalue weighted by Crippen LogP contribution is 2.28. The molecule has 18 heavy (non-hydrogen) atoms. The number of amidine groups is 1. The van der Waals surface area contributed by atoms with Crippen LogP contribution in [-0.2, 0) is 10.2 Å². The van der Waals surface area contributed by atoms with E-state index < -0.39 is 15.7 Å². The topological polar surface area (TPSA) is 108 Å². The van der Waals surface area contributed by atoms with Gasteiger partial charge in [-0.3, -0.25) is 5.41 Å². The molecule has 0 aromatic heterocycles. The first-order valence-electron chi connectivity index (χ1n) is 6.59. The van der Waals surface area contributed by atoms with E-state index in [2.05, 4.69) is 9.44 Å². The molecule has 0 bridgehead atoms. The number of nitrogens with one attached hydrogen (secondary N) is 3. The van der Waals surface area contributed by atoms with Crippen LogP contribution in [0.4, 0.5) is 0 Å². The van der Waals surface area contributed by atoms with Gasteiger partial charge in [0, 0.05) is 6.04 Å². The van der Waals surface area contributed by atoms with E-state index in [1.54, 1.807) is 0 Å². The highest BCUT2D eigenvalue weighted by molar-refractivity contribution is 7.87. The van der Waals surface area contributed by atoms with Crippen molar-refractivity contribution >= 4 is 16.0 Å². The molecular formula is C11H22N4O2S. The van der Waals surface area contributed by atoms with Gasteiger partial charge in [-0.2, -0.15) is 17.9 Å². The van der Waals surface area contributed by atoms with Gasteiger partial charge in [0.05, 0.1) is 5.54 Å². The van der Waals surface area contributed by atoms with Gasteiger partial charge in [-0.15, -0.1) is 0 Å². The summed E-state index contributed by atoms with van der Waals surface area (Å²) in [6.07, 6.45) is 7.00. The molecule has 0 amide bonds. The van der Waals surface area contributed by atoms with Crippen molar-refractivity contribution in [3.8, 4) is 0 Å². The molecule has 2 aliphatic rings. The highest BCUT2D eigenvalue weighted by atomic mass is 32.2. The zero-order valence-corrected chi connectivity index (χ0v) is 11.4. The fourth-order valence-corrected chi connectivity index (χ4v) is 4.03. The zero-order chi connectivity index (χ0) is 13.2. The van der Waals surface area contributed by atoms with Crippen LogP contribution in [0.1, 0.15) is 51.4 Å². The van der Waals surface area contributed by atoms with Crippen LogP contribution in [0, 0.1) is 5.41 Å². The molecule has 6 nitrogen and oxygen atoms in total. The summed E-state index contributed by atoms with van der Waals surface area (Å²) in [5, 5.41) is 7.74. The Kier molecular flexibility index (Phi) is 3.93. The third-order valence-electron chi connectivity index (χ3n) is 3.70. The van der Waals surface area contributed by atoms with E-state index in [1.165, 1.54) is 0 Å². The first-order chi connectivity index (χ1) is 8.44. The van der Waals surface area contributed by atoms with Crippen LogP contribution in [0.5, 0.6) is 0 Å². The number of hydrogen-bond acceptors (Lipinski definition) is 3. The molecule has 5 N–H and O–H groups in total. The van der Waals surface area contributed by atoms with Crippen molar-refractivity contribution < 1.29 is 8.42 Å². The lowest BCUT2D eigenvalue weighted by molar-refractivity contribution is 0.430. The SMILES string of the molecule is N=C(N)C1(NS(=O)(=O)NC2CC2)CCCCCC1. The average Bonchev–Trinajstić information content (AvgIpc) is 3.05. The van der Waals surface area contributed by atoms with Gasteiger partial charge in [0.1, 0.15) is 5.84 Å². The average molecular weight is 274 g/mol. The maximum absolute atomic E-state index is 12.0. The monoisotopic (exact) mass is 274 g/mol. The van der Waals surface area contributed by atoms with Gasteiger partial charge >= 0.3 is 0 Å². The molecule has 2 saturated carbocycles. The molecule has 7 heteroatoms. The minimum atomic E-state index is -3.56. The Morgan fingerprint density at radius 3 is 2.17 bits per heavy atom. The van der Waals surface area contributed by atoms with Crippen LogP contribution >= 0.6 is 0 Å². The summed E-state index contributed by atoms with van der Waals surface area (Å²) in [5.74, 6) is -0.0643. The first kappa shape index (κ1) is 13.8. The summed E-state index contributed by atoms with van der Waals surface area (Å²) in [6.45, 7) is 0. The quantitative estimate of drug-likeness (QED) is 0.335. The molecule has 0 atom stereocenters. The van der Waals surface area contributed by atoms with Crippen LogP contribution in [-0.4, -0.2) is 25.8 Å². The standard InChI is InChI=1S/C11H22N4O2S/c12-10(13)11(7-3-1-2-4-8-11)15-18(16,17)14-9-5-6-9/h9,14-15H,1-8H2,(H3,12,13). The van der Waals surface area contributed by atoms with Crippen molar-refractivity contribution in [2.45, 2.75) is 62.9 Å². The van der Waals surface area contributed by atoms with Gasteiger partial charge in [-0.05, 0) is 25.7 Å². The third kappa shape index (κ3) is 3.43. The Morgan fingerprint density at radius 1 is 1.17 bits per heavy atom. The lowest BCUT2D eigenvalue weighted by atomic mass is 9.90. The van der Waals surface area contributed by atoms with Crippen LogP contribution in [0.15, 0.2) is 0 Å². The fourth-order valence-electron chi connectivity index (χ4n) is 2.47. The molecule has 104 valence electrons. The molecular weight excluding hydrogens is 252 g/mol. The summed E-state index contributed by atoms with van der Waals surface area (Å²) in [4.78, 5) is 0. The van der Waals surface area contributed by atoms with Gasteiger partial charge in [0.25, 0.3) is 10.2 Å². The Labute approximate surface area is 108 Å². The predicted octanol–water partition coefficient (Wildman–Crippen LogP) is 0.602. The smallest absolute Gasteiger partial charge is 0.278 e. The second-order valence-corrected chi connectivity index (χ2v) is 6.85. The van der Waals surface area contributed by atoms with E-state index in [1.807, 2.05) is 0 Å². The van der Waals surface area contributed by atoms with Crippen molar-refractivity contribution in [3.63, 3.8) is 0 Å². The molecule has 0 heterocycles. The molecule has 2 rings (SSSR count). The molecule has 0 aliphatic heterocycles. The van der Waals surface area contributed by atoms with E-state index in [9.17, 15) is 8.42 Å². The van der Waals surface area contributed by atoms with Crippen LogP contribution in [0.2, 0.25) is 0 Å². The van der Waals surface area contributed by atoms with Gasteiger partial charge in [0.15, 0.2) is 0 Å². The van der Waals surface area contributed by atoms with Crippen LogP contribution in [0.25, 0.3) is 0 Å². The molecule has 2 fully saturated rings. The highest BCUT2D eigenvalue weighted by Gasteiger charge is 2.39. The zero-order valence-electron chi connectivity index (χ0n) is 10.5. The Hall–Kier alpha value is -0.660. The van der Waals surface area contributed by atoms with Gasteiger partial charge in [-0.25, -0.2) is 0 Å². The molecule has 0 saturated heterocycles. The van der Waals surface area contributed by atoms with Gasteiger partial charge in [0.2, 0.25) is 0 Å². The van der Waals surface area contributed by atoms with Gasteiger partial charge in [-0.1, -0.05) is 25.7 Å². The molecule has 0 aromatic rings. The largest absolute Gasteiger partial charge is 0.386 e. The lowest BCUT2D eigenvalue weighted by Crippen LogP contribution is -2.59. The molecule has 0 spiro atoms. The van der Waals surface area contributed by atoms with E-state index in [0.717, 1.165) is 38.5 Å². The lowest BCUT2D eigenvalue weighted by Gasteiger charge is -2.32. The number of nitrogens with two attached hydrogens (primary N) is 1. The summed E-state index contributed by atoms with van der Waals surface area (Å²) in [7, 11) is -3.56. The maximum Gasteiger partial charge on any atom is 0.278 e. The second kappa shape index (κ2) is 5.14.